The van der Waals surface area contributed by atoms with E-state index in [0.717, 1.165) is 24.3 Å². The molecular formula is C25H23F4N3O4S. The molecular weight excluding hydrogens is 514 g/mol. The monoisotopic (exact) mass is 537 g/mol. The molecule has 3 rings (SSSR count). The lowest BCUT2D eigenvalue weighted by molar-refractivity contribution is -0.0406. The third-order valence-corrected chi connectivity index (χ3v) is 6.44. The van der Waals surface area contributed by atoms with Crippen molar-refractivity contribution in [1.29, 1.82) is 4.78 Å². The minimum Gasteiger partial charge on any atom is -0.444 e. The summed E-state index contributed by atoms with van der Waals surface area (Å²) in [4.78, 5) is 24.4. The van der Waals surface area contributed by atoms with Gasteiger partial charge in [0.2, 0.25) is 0 Å². The summed E-state index contributed by atoms with van der Waals surface area (Å²) in [5, 5.41) is 5.11. The Morgan fingerprint density at radius 3 is 1.95 bits per heavy atom. The van der Waals surface area contributed by atoms with E-state index in [1.807, 2.05) is 0 Å². The van der Waals surface area contributed by atoms with Crippen molar-refractivity contribution < 1.29 is 36.1 Å². The van der Waals surface area contributed by atoms with Crippen molar-refractivity contribution in [1.82, 2.24) is 0 Å². The van der Waals surface area contributed by atoms with Crippen LogP contribution in [0.2, 0.25) is 0 Å². The van der Waals surface area contributed by atoms with Crippen LogP contribution in [0, 0.1) is 10.6 Å². The highest BCUT2D eigenvalue weighted by molar-refractivity contribution is 7.93. The number of halogens is 4. The molecule has 0 heterocycles. The predicted molar refractivity (Wildman–Crippen MR) is 131 cm³/mol. The van der Waals surface area contributed by atoms with Gasteiger partial charge in [0, 0.05) is 5.56 Å². The molecule has 3 N–H and O–H groups in total. The Labute approximate surface area is 210 Å². The van der Waals surface area contributed by atoms with E-state index in [9.17, 15) is 31.4 Å². The molecule has 0 aromatic heterocycles. The molecule has 0 aliphatic heterocycles. The highest BCUT2D eigenvalue weighted by Crippen LogP contribution is 2.32. The summed E-state index contributed by atoms with van der Waals surface area (Å²) in [7, 11) is -5.07. The fraction of sp³-hybridized carbons (Fsp3) is 0.200. The minimum absolute atomic E-state index is 0.0865. The molecule has 1 unspecified atom stereocenters. The van der Waals surface area contributed by atoms with E-state index >= 15 is 0 Å². The third kappa shape index (κ3) is 6.85. The van der Waals surface area contributed by atoms with Crippen molar-refractivity contribution in [3.05, 3.63) is 78.1 Å². The second-order valence-corrected chi connectivity index (χ2v) is 10.9. The molecule has 0 bridgehead atoms. The van der Waals surface area contributed by atoms with E-state index in [4.69, 9.17) is 9.52 Å². The fourth-order valence-corrected chi connectivity index (χ4v) is 3.90. The number of alkyl halides is 3. The van der Waals surface area contributed by atoms with Gasteiger partial charge in [0.05, 0.1) is 16.3 Å². The van der Waals surface area contributed by atoms with Crippen molar-refractivity contribution in [2.45, 2.75) is 36.8 Å². The fourth-order valence-electron chi connectivity index (χ4n) is 3.12. The topological polar surface area (TPSA) is 108 Å². The number of rotatable bonds is 5. The van der Waals surface area contributed by atoms with Gasteiger partial charge in [0.15, 0.2) is 9.73 Å². The van der Waals surface area contributed by atoms with Crippen LogP contribution in [0.25, 0.3) is 11.1 Å². The number of hydrogen-bond acceptors (Lipinski definition) is 5. The second kappa shape index (κ2) is 10.2. The van der Waals surface area contributed by atoms with Gasteiger partial charge in [-0.15, -0.1) is 0 Å². The lowest BCUT2D eigenvalue weighted by atomic mass is 10.0. The minimum atomic E-state index is -5.26. The van der Waals surface area contributed by atoms with Crippen LogP contribution in [0.4, 0.5) is 33.7 Å². The van der Waals surface area contributed by atoms with E-state index < -0.39 is 43.6 Å². The molecule has 0 aliphatic rings. The summed E-state index contributed by atoms with van der Waals surface area (Å²) in [6.07, 6.45) is -0.792. The molecule has 2 amide bonds. The number of carbonyl (C=O) groups excluding carboxylic acids is 2. The van der Waals surface area contributed by atoms with Crippen LogP contribution in [0.5, 0.6) is 0 Å². The number of ether oxygens (including phenoxy) is 1. The molecule has 1 atom stereocenters. The average molecular weight is 538 g/mol. The highest BCUT2D eigenvalue weighted by Gasteiger charge is 2.43. The van der Waals surface area contributed by atoms with E-state index in [1.54, 1.807) is 26.8 Å². The van der Waals surface area contributed by atoms with Gasteiger partial charge in [0.25, 0.3) is 5.91 Å². The normalized spacial score (nSPS) is 13.4. The molecule has 37 heavy (non-hydrogen) atoms. The van der Waals surface area contributed by atoms with E-state index in [0.29, 0.717) is 11.1 Å². The molecule has 12 heteroatoms. The smallest absolute Gasteiger partial charge is 0.444 e. The Bertz CT molecular complexity index is 1410. The lowest BCUT2D eigenvalue weighted by Gasteiger charge is -2.21. The van der Waals surface area contributed by atoms with Crippen LogP contribution < -0.4 is 10.6 Å². The Hall–Kier alpha value is -3.93. The first-order chi connectivity index (χ1) is 17.1. The Balaban J connectivity index is 1.93. The van der Waals surface area contributed by atoms with E-state index in [-0.39, 0.29) is 16.9 Å². The maximum absolute atomic E-state index is 13.3. The molecule has 0 saturated heterocycles. The SMILES string of the molecule is CC(C)(C)OC(=O)Nc1ccc(-c2ccc(F)cc2)cc1NC(=O)c1ccc(S(=N)(=O)C(F)(F)F)cc1. The Morgan fingerprint density at radius 1 is 0.838 bits per heavy atom. The number of benzene rings is 3. The Kier molecular flexibility index (Phi) is 7.63. The number of hydrogen-bond donors (Lipinski definition) is 3. The van der Waals surface area contributed by atoms with Crippen LogP contribution in [0.3, 0.4) is 0 Å². The first-order valence-corrected chi connectivity index (χ1v) is 12.3. The quantitative estimate of drug-likeness (QED) is 0.304. The number of carbonyl (C=O) groups is 2. The van der Waals surface area contributed by atoms with Gasteiger partial charge in [-0.2, -0.15) is 13.2 Å². The zero-order valence-corrected chi connectivity index (χ0v) is 20.7. The molecule has 0 spiro atoms. The van der Waals surface area contributed by atoms with E-state index in [2.05, 4.69) is 10.6 Å². The molecule has 0 aliphatic carbocycles. The first-order valence-electron chi connectivity index (χ1n) is 10.7. The van der Waals surface area contributed by atoms with Crippen molar-refractivity contribution in [2.75, 3.05) is 10.6 Å². The molecule has 7 nitrogen and oxygen atoms in total. The van der Waals surface area contributed by atoms with Crippen LogP contribution in [-0.2, 0) is 14.5 Å². The first kappa shape index (κ1) is 27.7. The van der Waals surface area contributed by atoms with Crippen LogP contribution in [-0.4, -0.2) is 27.3 Å². The molecule has 3 aromatic carbocycles. The van der Waals surface area contributed by atoms with E-state index in [1.165, 1.54) is 36.4 Å². The van der Waals surface area contributed by atoms with Crippen molar-refractivity contribution in [2.24, 2.45) is 0 Å². The van der Waals surface area contributed by atoms with Gasteiger partial charge in [-0.3, -0.25) is 10.1 Å². The van der Waals surface area contributed by atoms with Gasteiger partial charge in [-0.05, 0) is 80.4 Å². The largest absolute Gasteiger partial charge is 0.483 e. The lowest BCUT2D eigenvalue weighted by Crippen LogP contribution is -2.27. The maximum Gasteiger partial charge on any atom is 0.483 e. The predicted octanol–water partition coefficient (Wildman–Crippen LogP) is 7.02. The second-order valence-electron chi connectivity index (χ2n) is 8.87. The molecule has 196 valence electrons. The zero-order chi connectivity index (χ0) is 27.6. The number of anilines is 2. The van der Waals surface area contributed by atoms with Crippen molar-refractivity contribution in [3.63, 3.8) is 0 Å². The molecule has 0 saturated carbocycles. The summed E-state index contributed by atoms with van der Waals surface area (Å²) in [5.74, 6) is -1.19. The summed E-state index contributed by atoms with van der Waals surface area (Å²) >= 11 is 0. The standard InChI is InChI=1S/C25H23F4N3O4S/c1-24(2,3)36-23(34)32-20-13-8-17(15-4-9-18(26)10-5-15)14-21(20)31-22(33)16-6-11-19(12-7-16)37(30,35)25(27,28)29/h4-14,30H,1-3H3,(H,31,33)(H,32,34). The number of amides is 2. The zero-order valence-electron chi connectivity index (χ0n) is 19.9. The van der Waals surface area contributed by atoms with Gasteiger partial charge in [-0.25, -0.2) is 18.2 Å². The molecule has 3 aromatic rings. The maximum atomic E-state index is 13.3. The average Bonchev–Trinajstić information content (AvgIpc) is 2.79. The Morgan fingerprint density at radius 2 is 1.41 bits per heavy atom. The number of nitrogens with one attached hydrogen (secondary N) is 3. The van der Waals surface area contributed by atoms with Gasteiger partial charge >= 0.3 is 11.6 Å². The van der Waals surface area contributed by atoms with Gasteiger partial charge in [-0.1, -0.05) is 18.2 Å². The van der Waals surface area contributed by atoms with Crippen LogP contribution in [0.1, 0.15) is 31.1 Å². The van der Waals surface area contributed by atoms with Crippen LogP contribution >= 0.6 is 0 Å². The summed E-state index contributed by atoms with van der Waals surface area (Å²) in [5.41, 5.74) is -4.67. The highest BCUT2D eigenvalue weighted by atomic mass is 32.2. The summed E-state index contributed by atoms with van der Waals surface area (Å²) in [6.45, 7) is 5.01. The molecule has 0 radical (unpaired) electrons. The van der Waals surface area contributed by atoms with Crippen molar-refractivity contribution in [3.8, 4) is 11.1 Å². The van der Waals surface area contributed by atoms with Gasteiger partial charge < -0.3 is 10.1 Å². The third-order valence-electron chi connectivity index (χ3n) is 4.86. The van der Waals surface area contributed by atoms with Crippen LogP contribution in [0.15, 0.2) is 71.6 Å². The summed E-state index contributed by atoms with van der Waals surface area (Å²) < 4.78 is 76.3. The van der Waals surface area contributed by atoms with Crippen molar-refractivity contribution >= 4 is 33.1 Å². The molecule has 0 fully saturated rings. The summed E-state index contributed by atoms with van der Waals surface area (Å²) in [6, 6.07) is 13.8. The van der Waals surface area contributed by atoms with Gasteiger partial charge in [0.1, 0.15) is 11.4 Å².